The van der Waals surface area contributed by atoms with Gasteiger partial charge in [-0.05, 0) is 54.5 Å². The van der Waals surface area contributed by atoms with E-state index in [0.717, 1.165) is 0 Å². The van der Waals surface area contributed by atoms with E-state index >= 15 is 0 Å². The lowest BCUT2D eigenvalue weighted by Crippen LogP contribution is -2.14. The minimum absolute atomic E-state index is 0.00918. The van der Waals surface area contributed by atoms with Crippen LogP contribution in [0.3, 0.4) is 0 Å². The number of amides is 1. The van der Waals surface area contributed by atoms with E-state index < -0.39 is 16.8 Å². The number of carbonyl (C=O) groups is 2. The van der Waals surface area contributed by atoms with Gasteiger partial charge in [-0.25, -0.2) is 4.79 Å². The number of benzene rings is 3. The third-order valence-electron chi connectivity index (χ3n) is 4.91. The minimum Gasteiger partial charge on any atom is -0.490 e. The number of non-ortho nitro benzene ring substituents is 1. The van der Waals surface area contributed by atoms with Gasteiger partial charge in [0.25, 0.3) is 11.6 Å². The van der Waals surface area contributed by atoms with E-state index in [1.54, 1.807) is 31.2 Å². The number of nitro groups is 1. The molecule has 0 spiro atoms. The molecule has 0 aliphatic heterocycles. The van der Waals surface area contributed by atoms with Crippen LogP contribution >= 0.6 is 15.9 Å². The molecule has 0 fully saturated rings. The van der Waals surface area contributed by atoms with Gasteiger partial charge >= 0.3 is 5.97 Å². The van der Waals surface area contributed by atoms with Gasteiger partial charge in [0.2, 0.25) is 0 Å². The maximum atomic E-state index is 12.7. The van der Waals surface area contributed by atoms with Crippen molar-refractivity contribution in [2.45, 2.75) is 13.5 Å². The van der Waals surface area contributed by atoms with Crippen molar-refractivity contribution in [2.24, 2.45) is 0 Å². The Hall–Kier alpha value is -4.69. The molecule has 0 saturated carbocycles. The lowest BCUT2D eigenvalue weighted by atomic mass is 10.1. The Balaban J connectivity index is 1.85. The van der Waals surface area contributed by atoms with Gasteiger partial charge < -0.3 is 19.9 Å². The van der Waals surface area contributed by atoms with Gasteiger partial charge in [-0.1, -0.05) is 34.1 Å². The highest BCUT2D eigenvalue weighted by Gasteiger charge is 2.15. The van der Waals surface area contributed by atoms with E-state index in [1.165, 1.54) is 42.5 Å². The fourth-order valence-corrected chi connectivity index (χ4v) is 3.63. The Labute approximate surface area is 220 Å². The fourth-order valence-electron chi connectivity index (χ4n) is 3.20. The van der Waals surface area contributed by atoms with Crippen molar-refractivity contribution >= 4 is 45.3 Å². The second-order valence-electron chi connectivity index (χ2n) is 7.48. The van der Waals surface area contributed by atoms with E-state index in [0.29, 0.717) is 33.7 Å². The van der Waals surface area contributed by atoms with Crippen LogP contribution in [0.5, 0.6) is 11.5 Å². The molecule has 0 saturated heterocycles. The van der Waals surface area contributed by atoms with E-state index in [1.807, 2.05) is 6.07 Å². The first-order valence-corrected chi connectivity index (χ1v) is 11.6. The van der Waals surface area contributed by atoms with Gasteiger partial charge in [-0.2, -0.15) is 5.26 Å². The molecule has 3 aromatic rings. The third-order valence-corrected chi connectivity index (χ3v) is 5.60. The van der Waals surface area contributed by atoms with Crippen molar-refractivity contribution in [3.63, 3.8) is 0 Å². The molecule has 0 bridgehead atoms. The lowest BCUT2D eigenvalue weighted by Gasteiger charge is -2.14. The number of ether oxygens (including phenoxy) is 2. The zero-order valence-corrected chi connectivity index (χ0v) is 21.0. The number of nitrogens with one attached hydrogen (secondary N) is 1. The third kappa shape index (κ3) is 7.16. The maximum Gasteiger partial charge on any atom is 0.335 e. The molecule has 0 heterocycles. The second-order valence-corrected chi connectivity index (χ2v) is 8.33. The van der Waals surface area contributed by atoms with Gasteiger partial charge in [0.1, 0.15) is 18.2 Å². The second kappa shape index (κ2) is 12.3. The Kier molecular flexibility index (Phi) is 8.96. The molecule has 2 N–H and O–H groups in total. The SMILES string of the molecule is CCOc1cc(/C=C(/C#N)C(=O)Nc2cccc(C(=O)O)c2)c(Br)cc1OCc1cccc([N+](=O)[O-])c1. The van der Waals surface area contributed by atoms with Crippen LogP contribution in [-0.2, 0) is 11.4 Å². The summed E-state index contributed by atoms with van der Waals surface area (Å²) in [6.07, 6.45) is 1.35. The van der Waals surface area contributed by atoms with E-state index in [4.69, 9.17) is 14.6 Å². The van der Waals surface area contributed by atoms with Gasteiger partial charge in [-0.15, -0.1) is 0 Å². The Bertz CT molecular complexity index is 1430. The molecule has 0 radical (unpaired) electrons. The fraction of sp³-hybridized carbons (Fsp3) is 0.115. The summed E-state index contributed by atoms with van der Waals surface area (Å²) >= 11 is 3.41. The number of carbonyl (C=O) groups excluding carboxylic acids is 1. The largest absolute Gasteiger partial charge is 0.490 e. The average molecular weight is 566 g/mol. The summed E-state index contributed by atoms with van der Waals surface area (Å²) < 4.78 is 12.0. The predicted molar refractivity (Wildman–Crippen MR) is 138 cm³/mol. The van der Waals surface area contributed by atoms with E-state index in [2.05, 4.69) is 21.2 Å². The predicted octanol–water partition coefficient (Wildman–Crippen LogP) is 5.58. The first-order valence-electron chi connectivity index (χ1n) is 10.8. The zero-order chi connectivity index (χ0) is 26.9. The van der Waals surface area contributed by atoms with Crippen LogP contribution < -0.4 is 14.8 Å². The van der Waals surface area contributed by atoms with Crippen LogP contribution in [0.1, 0.15) is 28.4 Å². The summed E-state index contributed by atoms with van der Waals surface area (Å²) in [7, 11) is 0. The maximum absolute atomic E-state index is 12.7. The molecule has 3 aromatic carbocycles. The normalized spacial score (nSPS) is 10.8. The number of carboxylic acid groups (broad SMARTS) is 1. The number of halogens is 1. The zero-order valence-electron chi connectivity index (χ0n) is 19.4. The van der Waals surface area contributed by atoms with Gasteiger partial charge in [-0.3, -0.25) is 14.9 Å². The van der Waals surface area contributed by atoms with Crippen molar-refractivity contribution < 1.29 is 29.1 Å². The Morgan fingerprint density at radius 2 is 1.86 bits per heavy atom. The first kappa shape index (κ1) is 26.9. The van der Waals surface area contributed by atoms with Crippen LogP contribution in [0.4, 0.5) is 11.4 Å². The molecule has 0 aliphatic rings. The molecule has 10 nitrogen and oxygen atoms in total. The monoisotopic (exact) mass is 565 g/mol. The number of carboxylic acids is 1. The van der Waals surface area contributed by atoms with Crippen molar-refractivity contribution in [1.82, 2.24) is 0 Å². The summed E-state index contributed by atoms with van der Waals surface area (Å²) in [5.41, 5.74) is 0.985. The molecule has 0 atom stereocenters. The van der Waals surface area contributed by atoms with Gasteiger partial charge in [0, 0.05) is 22.3 Å². The average Bonchev–Trinajstić information content (AvgIpc) is 2.88. The molecule has 11 heteroatoms. The molecule has 0 unspecified atom stereocenters. The molecule has 1 amide bonds. The molecule has 188 valence electrons. The molecular formula is C26H20BrN3O7. The summed E-state index contributed by atoms with van der Waals surface area (Å²) in [4.78, 5) is 34.4. The van der Waals surface area contributed by atoms with E-state index in [-0.39, 0.29) is 29.1 Å². The summed E-state index contributed by atoms with van der Waals surface area (Å²) in [5.74, 6) is -1.17. The molecular weight excluding hydrogens is 546 g/mol. The standard InChI is InChI=1S/C26H20BrN3O7/c1-2-36-23-12-18(10-19(14-28)25(31)29-20-7-4-6-17(11-20)26(32)33)22(27)13-24(23)37-15-16-5-3-8-21(9-16)30(34)35/h3-13H,2,15H2,1H3,(H,29,31)(H,32,33)/b19-10-. The highest BCUT2D eigenvalue weighted by atomic mass is 79.9. The number of hydrogen-bond acceptors (Lipinski definition) is 7. The number of nitro benzene ring substituents is 1. The number of rotatable bonds is 10. The number of nitrogens with zero attached hydrogens (tertiary/aromatic N) is 2. The highest BCUT2D eigenvalue weighted by molar-refractivity contribution is 9.10. The Morgan fingerprint density at radius 3 is 2.54 bits per heavy atom. The Morgan fingerprint density at radius 1 is 1.14 bits per heavy atom. The summed E-state index contributed by atoms with van der Waals surface area (Å²) in [5, 5.41) is 32.2. The summed E-state index contributed by atoms with van der Waals surface area (Å²) in [6, 6.07) is 16.8. The molecule has 0 aliphatic carbocycles. The van der Waals surface area contributed by atoms with Crippen LogP contribution in [-0.4, -0.2) is 28.5 Å². The van der Waals surface area contributed by atoms with Crippen LogP contribution in [0.15, 0.2) is 70.7 Å². The van der Waals surface area contributed by atoms with Crippen LogP contribution in [0, 0.1) is 21.4 Å². The van der Waals surface area contributed by atoms with Crippen molar-refractivity contribution in [3.05, 3.63) is 97.5 Å². The molecule has 3 rings (SSSR count). The lowest BCUT2D eigenvalue weighted by molar-refractivity contribution is -0.384. The highest BCUT2D eigenvalue weighted by Crippen LogP contribution is 2.35. The van der Waals surface area contributed by atoms with Crippen molar-refractivity contribution in [1.29, 1.82) is 5.26 Å². The van der Waals surface area contributed by atoms with Crippen molar-refractivity contribution in [2.75, 3.05) is 11.9 Å². The van der Waals surface area contributed by atoms with Crippen molar-refractivity contribution in [3.8, 4) is 17.6 Å². The summed E-state index contributed by atoms with van der Waals surface area (Å²) in [6.45, 7) is 2.13. The topological polar surface area (TPSA) is 152 Å². The number of aromatic carboxylic acids is 1. The minimum atomic E-state index is -1.15. The number of hydrogen-bond donors (Lipinski definition) is 2. The van der Waals surface area contributed by atoms with E-state index in [9.17, 15) is 25.0 Å². The smallest absolute Gasteiger partial charge is 0.335 e. The van der Waals surface area contributed by atoms with Gasteiger partial charge in [0.05, 0.1) is 17.1 Å². The quantitative estimate of drug-likeness (QED) is 0.140. The first-order chi connectivity index (χ1) is 17.7. The van der Waals surface area contributed by atoms with Gasteiger partial charge in [0.15, 0.2) is 11.5 Å². The van der Waals surface area contributed by atoms with Crippen LogP contribution in [0.2, 0.25) is 0 Å². The van der Waals surface area contributed by atoms with Crippen LogP contribution in [0.25, 0.3) is 6.08 Å². The molecule has 37 heavy (non-hydrogen) atoms. The number of anilines is 1. The molecule has 0 aromatic heterocycles. The number of nitriles is 1.